The number of amides is 1. The SMILES string of the molecule is CC(C)(C)c1ccc(C(=O)C(=O)NC(C)(CO)C2CC2)cc1. The Hall–Kier alpha value is -1.68. The standard InChI is InChI=1S/C18H25NO3/c1-17(2,3)13-7-5-12(6-8-13)15(21)16(22)19-18(4,11-20)14-9-10-14/h5-8,14,20H,9-11H2,1-4H3,(H,19,22). The smallest absolute Gasteiger partial charge is 0.292 e. The van der Waals surface area contributed by atoms with Crippen molar-refractivity contribution in [1.82, 2.24) is 5.32 Å². The maximum atomic E-state index is 12.2. The molecule has 1 aromatic carbocycles. The molecule has 2 rings (SSSR count). The zero-order chi connectivity index (χ0) is 16.5. The molecule has 1 aliphatic rings. The van der Waals surface area contributed by atoms with E-state index in [9.17, 15) is 14.7 Å². The molecule has 0 aromatic heterocycles. The molecular weight excluding hydrogens is 278 g/mol. The van der Waals surface area contributed by atoms with Gasteiger partial charge in [0, 0.05) is 5.56 Å². The van der Waals surface area contributed by atoms with Gasteiger partial charge in [0.15, 0.2) is 0 Å². The normalized spacial score (nSPS) is 17.7. The summed E-state index contributed by atoms with van der Waals surface area (Å²) in [6.45, 7) is 7.93. The second-order valence-corrected chi connectivity index (χ2v) is 7.46. The van der Waals surface area contributed by atoms with Crippen molar-refractivity contribution in [3.63, 3.8) is 0 Å². The Labute approximate surface area is 131 Å². The number of aliphatic hydroxyl groups excluding tert-OH is 1. The largest absolute Gasteiger partial charge is 0.394 e. The summed E-state index contributed by atoms with van der Waals surface area (Å²) in [6.07, 6.45) is 1.96. The molecule has 0 radical (unpaired) electrons. The molecule has 1 aromatic rings. The van der Waals surface area contributed by atoms with Gasteiger partial charge < -0.3 is 10.4 Å². The molecule has 0 bridgehead atoms. The van der Waals surface area contributed by atoms with E-state index in [2.05, 4.69) is 26.1 Å². The number of carbonyl (C=O) groups is 2. The van der Waals surface area contributed by atoms with E-state index in [-0.39, 0.29) is 17.9 Å². The zero-order valence-corrected chi connectivity index (χ0v) is 13.8. The third-order valence-corrected chi connectivity index (χ3v) is 4.43. The second kappa shape index (κ2) is 5.84. The Morgan fingerprint density at radius 2 is 1.68 bits per heavy atom. The highest BCUT2D eigenvalue weighted by atomic mass is 16.3. The summed E-state index contributed by atoms with van der Waals surface area (Å²) < 4.78 is 0. The lowest BCUT2D eigenvalue weighted by atomic mass is 9.86. The number of rotatable bonds is 5. The molecule has 22 heavy (non-hydrogen) atoms. The zero-order valence-electron chi connectivity index (χ0n) is 13.8. The van der Waals surface area contributed by atoms with E-state index < -0.39 is 17.2 Å². The summed E-state index contributed by atoms with van der Waals surface area (Å²) in [7, 11) is 0. The van der Waals surface area contributed by atoms with Crippen LogP contribution in [0.25, 0.3) is 0 Å². The Morgan fingerprint density at radius 3 is 2.09 bits per heavy atom. The number of hydrogen-bond acceptors (Lipinski definition) is 3. The van der Waals surface area contributed by atoms with E-state index in [1.54, 1.807) is 19.1 Å². The Balaban J connectivity index is 2.09. The van der Waals surface area contributed by atoms with E-state index >= 15 is 0 Å². The van der Waals surface area contributed by atoms with Crippen LogP contribution in [-0.2, 0) is 10.2 Å². The van der Waals surface area contributed by atoms with Crippen LogP contribution in [0.3, 0.4) is 0 Å². The van der Waals surface area contributed by atoms with Crippen LogP contribution in [0.2, 0.25) is 0 Å². The summed E-state index contributed by atoms with van der Waals surface area (Å²) in [4.78, 5) is 24.4. The molecule has 1 fully saturated rings. The molecule has 1 saturated carbocycles. The van der Waals surface area contributed by atoms with Gasteiger partial charge in [-0.25, -0.2) is 0 Å². The van der Waals surface area contributed by atoms with Crippen LogP contribution in [0.15, 0.2) is 24.3 Å². The maximum Gasteiger partial charge on any atom is 0.292 e. The van der Waals surface area contributed by atoms with Crippen molar-refractivity contribution in [3.05, 3.63) is 35.4 Å². The Morgan fingerprint density at radius 1 is 1.14 bits per heavy atom. The average Bonchev–Trinajstić information content (AvgIpc) is 3.30. The first-order valence-electron chi connectivity index (χ1n) is 7.75. The lowest BCUT2D eigenvalue weighted by Gasteiger charge is -2.28. The van der Waals surface area contributed by atoms with Crippen LogP contribution in [-0.4, -0.2) is 28.9 Å². The minimum Gasteiger partial charge on any atom is -0.394 e. The number of Topliss-reactive ketones (excluding diaryl/α,β-unsaturated/α-hetero) is 1. The molecule has 4 heteroatoms. The average molecular weight is 303 g/mol. The fourth-order valence-corrected chi connectivity index (χ4v) is 2.56. The monoisotopic (exact) mass is 303 g/mol. The van der Waals surface area contributed by atoms with Gasteiger partial charge in [-0.3, -0.25) is 9.59 Å². The van der Waals surface area contributed by atoms with Gasteiger partial charge >= 0.3 is 0 Å². The molecule has 4 nitrogen and oxygen atoms in total. The number of ketones is 1. The van der Waals surface area contributed by atoms with Crippen LogP contribution in [0.1, 0.15) is 56.5 Å². The highest BCUT2D eigenvalue weighted by Crippen LogP contribution is 2.39. The quantitative estimate of drug-likeness (QED) is 0.648. The van der Waals surface area contributed by atoms with Crippen molar-refractivity contribution in [2.75, 3.05) is 6.61 Å². The van der Waals surface area contributed by atoms with Gasteiger partial charge in [-0.15, -0.1) is 0 Å². The van der Waals surface area contributed by atoms with Crippen LogP contribution in [0.4, 0.5) is 0 Å². The first kappa shape index (κ1) is 16.7. The predicted octanol–water partition coefficient (Wildman–Crippen LogP) is 2.44. The van der Waals surface area contributed by atoms with E-state index in [1.807, 2.05) is 12.1 Å². The first-order chi connectivity index (χ1) is 10.2. The van der Waals surface area contributed by atoms with Gasteiger partial charge in [0.1, 0.15) is 0 Å². The minimum absolute atomic E-state index is 0.00523. The Bertz CT molecular complexity index is 567. The number of nitrogens with one attached hydrogen (secondary N) is 1. The molecule has 0 heterocycles. The fourth-order valence-electron chi connectivity index (χ4n) is 2.56. The highest BCUT2D eigenvalue weighted by molar-refractivity contribution is 6.42. The van der Waals surface area contributed by atoms with E-state index in [0.29, 0.717) is 5.56 Å². The van der Waals surface area contributed by atoms with Gasteiger partial charge in [-0.1, -0.05) is 45.0 Å². The van der Waals surface area contributed by atoms with Gasteiger partial charge in [0.2, 0.25) is 5.78 Å². The molecule has 0 spiro atoms. The first-order valence-corrected chi connectivity index (χ1v) is 7.75. The molecule has 120 valence electrons. The van der Waals surface area contributed by atoms with Crippen LogP contribution in [0, 0.1) is 5.92 Å². The van der Waals surface area contributed by atoms with Crippen molar-refractivity contribution >= 4 is 11.7 Å². The molecule has 1 unspecified atom stereocenters. The molecule has 0 saturated heterocycles. The molecule has 1 aliphatic carbocycles. The number of hydrogen-bond donors (Lipinski definition) is 2. The number of aliphatic hydroxyl groups is 1. The lowest BCUT2D eigenvalue weighted by Crippen LogP contribution is -2.52. The summed E-state index contributed by atoms with van der Waals surface area (Å²) >= 11 is 0. The topological polar surface area (TPSA) is 66.4 Å². The second-order valence-electron chi connectivity index (χ2n) is 7.46. The Kier molecular flexibility index (Phi) is 4.43. The third-order valence-electron chi connectivity index (χ3n) is 4.43. The van der Waals surface area contributed by atoms with Crippen molar-refractivity contribution in [2.24, 2.45) is 5.92 Å². The number of benzene rings is 1. The fraction of sp³-hybridized carbons (Fsp3) is 0.556. The van der Waals surface area contributed by atoms with Gasteiger partial charge in [-0.05, 0) is 36.7 Å². The summed E-state index contributed by atoms with van der Waals surface area (Å²) in [6, 6.07) is 7.14. The summed E-state index contributed by atoms with van der Waals surface area (Å²) in [5.74, 6) is -0.940. The van der Waals surface area contributed by atoms with Crippen LogP contribution >= 0.6 is 0 Å². The molecular formula is C18H25NO3. The molecule has 2 N–H and O–H groups in total. The van der Waals surface area contributed by atoms with Crippen LogP contribution < -0.4 is 5.32 Å². The summed E-state index contributed by atoms with van der Waals surface area (Å²) in [5, 5.41) is 12.2. The summed E-state index contributed by atoms with van der Waals surface area (Å²) in [5.41, 5.74) is 0.799. The molecule has 1 atom stereocenters. The highest BCUT2D eigenvalue weighted by Gasteiger charge is 2.43. The van der Waals surface area contributed by atoms with Crippen molar-refractivity contribution in [2.45, 2.75) is 51.5 Å². The van der Waals surface area contributed by atoms with Gasteiger partial charge in [-0.2, -0.15) is 0 Å². The van der Waals surface area contributed by atoms with Crippen LogP contribution in [0.5, 0.6) is 0 Å². The predicted molar refractivity (Wildman–Crippen MR) is 85.8 cm³/mol. The number of carbonyl (C=O) groups excluding carboxylic acids is 2. The van der Waals surface area contributed by atoms with E-state index in [0.717, 1.165) is 18.4 Å². The van der Waals surface area contributed by atoms with Crippen molar-refractivity contribution in [3.8, 4) is 0 Å². The van der Waals surface area contributed by atoms with Gasteiger partial charge in [0.05, 0.1) is 12.1 Å². The van der Waals surface area contributed by atoms with Crippen molar-refractivity contribution < 1.29 is 14.7 Å². The third kappa shape index (κ3) is 3.55. The molecule has 0 aliphatic heterocycles. The maximum absolute atomic E-state index is 12.2. The van der Waals surface area contributed by atoms with E-state index in [1.165, 1.54) is 0 Å². The van der Waals surface area contributed by atoms with Gasteiger partial charge in [0.25, 0.3) is 5.91 Å². The van der Waals surface area contributed by atoms with Crippen molar-refractivity contribution in [1.29, 1.82) is 0 Å². The van der Waals surface area contributed by atoms with E-state index in [4.69, 9.17) is 0 Å². The minimum atomic E-state index is -0.696. The molecule has 1 amide bonds. The lowest BCUT2D eigenvalue weighted by molar-refractivity contribution is -0.119.